The molecule has 0 bridgehead atoms. The van der Waals surface area contributed by atoms with Crippen molar-refractivity contribution in [1.29, 1.82) is 0 Å². The van der Waals surface area contributed by atoms with E-state index in [-0.39, 0.29) is 0 Å². The van der Waals surface area contributed by atoms with Crippen molar-refractivity contribution in [3.8, 4) is 5.75 Å². The third kappa shape index (κ3) is 3.38. The molecule has 0 aliphatic carbocycles. The Hall–Kier alpha value is -1.02. The molecule has 0 unspecified atom stereocenters. The van der Waals surface area contributed by atoms with Crippen LogP contribution in [0.15, 0.2) is 24.3 Å². The number of hydrogen-bond donors (Lipinski definition) is 1. The van der Waals surface area contributed by atoms with Gasteiger partial charge in [-0.25, -0.2) is 0 Å². The fourth-order valence-corrected chi connectivity index (χ4v) is 1.35. The molecule has 78 valence electrons. The van der Waals surface area contributed by atoms with Crippen LogP contribution in [-0.4, -0.2) is 19.7 Å². The van der Waals surface area contributed by atoms with Gasteiger partial charge in [-0.15, -0.1) is 0 Å². The van der Waals surface area contributed by atoms with Crippen molar-refractivity contribution in [1.82, 2.24) is 5.32 Å². The molecule has 0 aromatic heterocycles. The first-order valence-corrected chi connectivity index (χ1v) is 5.30. The highest BCUT2D eigenvalue weighted by Crippen LogP contribution is 2.17. The topological polar surface area (TPSA) is 21.3 Å². The first-order chi connectivity index (χ1) is 6.88. The molecule has 0 aliphatic rings. The first-order valence-electron chi connectivity index (χ1n) is 5.30. The number of hydrogen-bond acceptors (Lipinski definition) is 2. The number of rotatable bonds is 6. The highest BCUT2D eigenvalue weighted by atomic mass is 16.5. The molecule has 2 nitrogen and oxygen atoms in total. The van der Waals surface area contributed by atoms with Gasteiger partial charge < -0.3 is 10.1 Å². The summed E-state index contributed by atoms with van der Waals surface area (Å²) in [5.41, 5.74) is 1.28. The Balaban J connectivity index is 2.41. The van der Waals surface area contributed by atoms with Crippen molar-refractivity contribution < 1.29 is 4.74 Å². The third-order valence-corrected chi connectivity index (χ3v) is 2.14. The summed E-state index contributed by atoms with van der Waals surface area (Å²) in [4.78, 5) is 0. The number of para-hydroxylation sites is 1. The van der Waals surface area contributed by atoms with Crippen LogP contribution in [0.25, 0.3) is 0 Å². The summed E-state index contributed by atoms with van der Waals surface area (Å²) >= 11 is 0. The van der Waals surface area contributed by atoms with Crippen LogP contribution in [-0.2, 0) is 6.42 Å². The molecule has 0 saturated heterocycles. The van der Waals surface area contributed by atoms with Gasteiger partial charge in [0.1, 0.15) is 12.4 Å². The van der Waals surface area contributed by atoms with Crippen LogP contribution in [0.4, 0.5) is 0 Å². The molecule has 1 rings (SSSR count). The molecule has 1 N–H and O–H groups in total. The second kappa shape index (κ2) is 6.44. The maximum atomic E-state index is 5.67. The minimum Gasteiger partial charge on any atom is -0.492 e. The maximum absolute atomic E-state index is 5.67. The molecule has 0 amide bonds. The standard InChI is InChI=1S/C12H19NO/c1-3-11-7-5-6-8-12(11)14-10-9-13-4-2/h5-8,13H,3-4,9-10H2,1-2H3. The molecule has 0 saturated carbocycles. The number of aryl methyl sites for hydroxylation is 1. The highest BCUT2D eigenvalue weighted by molar-refractivity contribution is 5.33. The summed E-state index contributed by atoms with van der Waals surface area (Å²) in [5.74, 6) is 1.02. The summed E-state index contributed by atoms with van der Waals surface area (Å²) < 4.78 is 5.67. The lowest BCUT2D eigenvalue weighted by atomic mass is 10.1. The van der Waals surface area contributed by atoms with Gasteiger partial charge in [-0.05, 0) is 24.6 Å². The molecule has 0 radical (unpaired) electrons. The van der Waals surface area contributed by atoms with Crippen LogP contribution in [0.5, 0.6) is 5.75 Å². The lowest BCUT2D eigenvalue weighted by molar-refractivity contribution is 0.312. The van der Waals surface area contributed by atoms with Crippen molar-refractivity contribution in [3.63, 3.8) is 0 Å². The Bertz CT molecular complexity index is 260. The number of nitrogens with one attached hydrogen (secondary N) is 1. The fourth-order valence-electron chi connectivity index (χ4n) is 1.35. The van der Waals surface area contributed by atoms with E-state index in [0.29, 0.717) is 0 Å². The smallest absolute Gasteiger partial charge is 0.122 e. The lowest BCUT2D eigenvalue weighted by Crippen LogP contribution is -2.20. The molecule has 0 aliphatic heterocycles. The van der Waals surface area contributed by atoms with Gasteiger partial charge in [0.05, 0.1) is 0 Å². The van der Waals surface area contributed by atoms with Gasteiger partial charge in [-0.1, -0.05) is 32.0 Å². The second-order valence-electron chi connectivity index (χ2n) is 3.16. The molecule has 14 heavy (non-hydrogen) atoms. The lowest BCUT2D eigenvalue weighted by Gasteiger charge is -2.09. The van der Waals surface area contributed by atoms with Crippen LogP contribution in [0.2, 0.25) is 0 Å². The van der Waals surface area contributed by atoms with Crippen LogP contribution >= 0.6 is 0 Å². The number of ether oxygens (including phenoxy) is 1. The second-order valence-corrected chi connectivity index (χ2v) is 3.16. The van der Waals surface area contributed by atoms with E-state index >= 15 is 0 Å². The van der Waals surface area contributed by atoms with Gasteiger partial charge in [0, 0.05) is 6.54 Å². The zero-order chi connectivity index (χ0) is 10.2. The number of benzene rings is 1. The Morgan fingerprint density at radius 1 is 1.21 bits per heavy atom. The van der Waals surface area contributed by atoms with Gasteiger partial charge in [-0.2, -0.15) is 0 Å². The molecule has 0 fully saturated rings. The van der Waals surface area contributed by atoms with Gasteiger partial charge in [0.15, 0.2) is 0 Å². The maximum Gasteiger partial charge on any atom is 0.122 e. The Morgan fingerprint density at radius 3 is 2.71 bits per heavy atom. The summed E-state index contributed by atoms with van der Waals surface area (Å²) in [7, 11) is 0. The predicted molar refractivity (Wildman–Crippen MR) is 59.9 cm³/mol. The summed E-state index contributed by atoms with van der Waals surface area (Å²) in [6.45, 7) is 6.89. The summed E-state index contributed by atoms with van der Waals surface area (Å²) in [6, 6.07) is 8.21. The first kappa shape index (κ1) is 11.1. The largest absolute Gasteiger partial charge is 0.492 e. The van der Waals surface area contributed by atoms with Crippen LogP contribution in [0.1, 0.15) is 19.4 Å². The molecule has 0 heterocycles. The van der Waals surface area contributed by atoms with E-state index in [0.717, 1.165) is 31.9 Å². The minimum absolute atomic E-state index is 0.741. The molecule has 1 aromatic carbocycles. The van der Waals surface area contributed by atoms with E-state index in [1.807, 2.05) is 12.1 Å². The van der Waals surface area contributed by atoms with Crippen molar-refractivity contribution in [2.45, 2.75) is 20.3 Å². The number of likely N-dealkylation sites (N-methyl/N-ethyl adjacent to an activating group) is 1. The zero-order valence-corrected chi connectivity index (χ0v) is 9.05. The van der Waals surface area contributed by atoms with Crippen molar-refractivity contribution >= 4 is 0 Å². The molecule has 0 atom stereocenters. The predicted octanol–water partition coefficient (Wildman–Crippen LogP) is 2.24. The Morgan fingerprint density at radius 2 is 2.00 bits per heavy atom. The molecular weight excluding hydrogens is 174 g/mol. The normalized spacial score (nSPS) is 10.1. The summed E-state index contributed by atoms with van der Waals surface area (Å²) in [5, 5.41) is 3.23. The quantitative estimate of drug-likeness (QED) is 0.700. The Labute approximate surface area is 86.3 Å². The summed E-state index contributed by atoms with van der Waals surface area (Å²) in [6.07, 6.45) is 1.03. The average Bonchev–Trinajstić information content (AvgIpc) is 2.25. The highest BCUT2D eigenvalue weighted by Gasteiger charge is 1.98. The van der Waals surface area contributed by atoms with E-state index in [1.165, 1.54) is 5.56 Å². The average molecular weight is 193 g/mol. The SMILES string of the molecule is CCNCCOc1ccccc1CC. The molecule has 2 heteroatoms. The minimum atomic E-state index is 0.741. The van der Waals surface area contributed by atoms with E-state index in [2.05, 4.69) is 31.3 Å². The fraction of sp³-hybridized carbons (Fsp3) is 0.500. The monoisotopic (exact) mass is 193 g/mol. The zero-order valence-electron chi connectivity index (χ0n) is 9.05. The van der Waals surface area contributed by atoms with E-state index in [9.17, 15) is 0 Å². The molecule has 1 aromatic rings. The third-order valence-electron chi connectivity index (χ3n) is 2.14. The van der Waals surface area contributed by atoms with Crippen LogP contribution < -0.4 is 10.1 Å². The van der Waals surface area contributed by atoms with Crippen LogP contribution in [0.3, 0.4) is 0 Å². The molecule has 0 spiro atoms. The van der Waals surface area contributed by atoms with E-state index in [4.69, 9.17) is 4.74 Å². The van der Waals surface area contributed by atoms with Gasteiger partial charge in [-0.3, -0.25) is 0 Å². The van der Waals surface area contributed by atoms with Gasteiger partial charge in [0.2, 0.25) is 0 Å². The van der Waals surface area contributed by atoms with E-state index < -0.39 is 0 Å². The van der Waals surface area contributed by atoms with E-state index in [1.54, 1.807) is 0 Å². The Kier molecular flexibility index (Phi) is 5.08. The molecular formula is C12H19NO. The van der Waals surface area contributed by atoms with Crippen molar-refractivity contribution in [3.05, 3.63) is 29.8 Å². The van der Waals surface area contributed by atoms with Crippen molar-refractivity contribution in [2.24, 2.45) is 0 Å². The van der Waals surface area contributed by atoms with Gasteiger partial charge >= 0.3 is 0 Å². The van der Waals surface area contributed by atoms with Crippen LogP contribution in [0, 0.1) is 0 Å². The van der Waals surface area contributed by atoms with Gasteiger partial charge in [0.25, 0.3) is 0 Å². The van der Waals surface area contributed by atoms with Crippen molar-refractivity contribution in [2.75, 3.05) is 19.7 Å².